The molecule has 1 aromatic carbocycles. The zero-order valence-corrected chi connectivity index (χ0v) is 17.9. The van der Waals surface area contributed by atoms with Gasteiger partial charge in [0.1, 0.15) is 0 Å². The van der Waals surface area contributed by atoms with Gasteiger partial charge in [-0.1, -0.05) is 12.1 Å². The van der Waals surface area contributed by atoms with Crippen LogP contribution in [-0.4, -0.2) is 94.2 Å². The summed E-state index contributed by atoms with van der Waals surface area (Å²) in [5.41, 5.74) is 2.05. The first-order chi connectivity index (χ1) is 14.6. The second kappa shape index (κ2) is 8.29. The Bertz CT molecular complexity index is 899. The molecular weight excluding hydrogens is 378 g/mol. The summed E-state index contributed by atoms with van der Waals surface area (Å²) in [7, 11) is 2.15. The molecule has 1 aromatic heterocycles. The summed E-state index contributed by atoms with van der Waals surface area (Å²) in [6, 6.07) is 8.14. The van der Waals surface area contributed by atoms with Crippen molar-refractivity contribution in [1.82, 2.24) is 24.3 Å². The number of imidazole rings is 1. The lowest BCUT2D eigenvalue weighted by Crippen LogP contribution is -2.40. The Kier molecular flexibility index (Phi) is 5.52. The minimum Gasteiger partial charge on any atom is -0.391 e. The van der Waals surface area contributed by atoms with Gasteiger partial charge in [0, 0.05) is 26.2 Å². The van der Waals surface area contributed by atoms with Crippen LogP contribution in [0.1, 0.15) is 25.3 Å². The second-order valence-electron chi connectivity index (χ2n) is 9.50. The van der Waals surface area contributed by atoms with Gasteiger partial charge in [-0.25, -0.2) is 4.98 Å². The van der Waals surface area contributed by atoms with E-state index in [0.717, 1.165) is 69.6 Å². The highest BCUT2D eigenvalue weighted by atomic mass is 16.3. The van der Waals surface area contributed by atoms with Crippen LogP contribution in [0.3, 0.4) is 0 Å². The molecule has 0 unspecified atom stereocenters. The van der Waals surface area contributed by atoms with Crippen LogP contribution in [0.4, 0.5) is 0 Å². The van der Waals surface area contributed by atoms with Gasteiger partial charge in [-0.05, 0) is 63.4 Å². The zero-order valence-electron chi connectivity index (χ0n) is 17.9. The van der Waals surface area contributed by atoms with Gasteiger partial charge in [0.15, 0.2) is 0 Å². The Morgan fingerprint density at radius 1 is 1.10 bits per heavy atom. The molecule has 1 aliphatic carbocycles. The van der Waals surface area contributed by atoms with E-state index in [-0.39, 0.29) is 18.1 Å². The van der Waals surface area contributed by atoms with Crippen molar-refractivity contribution < 1.29 is 9.90 Å². The number of fused-ring (bicyclic) bond motifs is 2. The van der Waals surface area contributed by atoms with E-state index in [1.165, 1.54) is 0 Å². The fourth-order valence-corrected chi connectivity index (χ4v) is 5.70. The molecule has 3 aliphatic rings. The number of nitrogens with zero attached hydrogens (tertiary/aromatic N) is 5. The van der Waals surface area contributed by atoms with E-state index in [1.807, 2.05) is 24.5 Å². The normalized spacial score (nSPS) is 31.1. The number of rotatable bonds is 3. The summed E-state index contributed by atoms with van der Waals surface area (Å²) < 4.78 is 2.15. The molecule has 1 N–H and O–H groups in total. The van der Waals surface area contributed by atoms with Crippen molar-refractivity contribution in [3.8, 4) is 0 Å². The van der Waals surface area contributed by atoms with Crippen molar-refractivity contribution in [2.75, 3.05) is 52.9 Å². The molecule has 4 atom stereocenters. The number of hydrogen-bond acceptors (Lipinski definition) is 5. The summed E-state index contributed by atoms with van der Waals surface area (Å²) >= 11 is 0. The zero-order chi connectivity index (χ0) is 20.7. The lowest BCUT2D eigenvalue weighted by atomic mass is 9.77. The van der Waals surface area contributed by atoms with Gasteiger partial charge < -0.3 is 19.5 Å². The van der Waals surface area contributed by atoms with E-state index < -0.39 is 0 Å². The van der Waals surface area contributed by atoms with Crippen LogP contribution in [0.25, 0.3) is 11.0 Å². The first kappa shape index (κ1) is 20.0. The van der Waals surface area contributed by atoms with E-state index in [1.54, 1.807) is 0 Å². The number of likely N-dealkylation sites (tertiary alicyclic amines) is 1. The van der Waals surface area contributed by atoms with Crippen molar-refractivity contribution in [2.45, 2.75) is 31.4 Å². The summed E-state index contributed by atoms with van der Waals surface area (Å²) in [4.78, 5) is 24.2. The van der Waals surface area contributed by atoms with Gasteiger partial charge in [-0.15, -0.1) is 0 Å². The fourth-order valence-electron chi connectivity index (χ4n) is 5.70. The van der Waals surface area contributed by atoms with E-state index in [9.17, 15) is 9.90 Å². The van der Waals surface area contributed by atoms with Crippen LogP contribution >= 0.6 is 0 Å². The van der Waals surface area contributed by atoms with Crippen LogP contribution in [0, 0.1) is 11.8 Å². The maximum atomic E-state index is 13.0. The number of hydrogen-bond donors (Lipinski definition) is 1. The van der Waals surface area contributed by atoms with Crippen LogP contribution in [-0.2, 0) is 4.79 Å². The number of benzene rings is 1. The number of carbonyl (C=O) groups excluding carboxylic acids is 1. The number of carbonyl (C=O) groups is 1. The number of aliphatic hydroxyl groups is 1. The number of likely N-dealkylation sites (N-methyl/N-ethyl adjacent to an activating group) is 1. The molecule has 2 aliphatic heterocycles. The predicted molar refractivity (Wildman–Crippen MR) is 116 cm³/mol. The lowest BCUT2D eigenvalue weighted by Gasteiger charge is -2.36. The average Bonchev–Trinajstić information content (AvgIpc) is 3.29. The Labute approximate surface area is 178 Å². The number of aliphatic hydroxyl groups excluding tert-OH is 1. The smallest absolute Gasteiger partial charge is 0.236 e. The van der Waals surface area contributed by atoms with E-state index in [2.05, 4.69) is 37.4 Å². The first-order valence-corrected chi connectivity index (χ1v) is 11.4. The van der Waals surface area contributed by atoms with Crippen LogP contribution in [0.2, 0.25) is 0 Å². The minimum atomic E-state index is -0.389. The molecule has 0 radical (unpaired) electrons. The van der Waals surface area contributed by atoms with Crippen molar-refractivity contribution in [3.63, 3.8) is 0 Å². The molecule has 0 bridgehead atoms. The minimum absolute atomic E-state index is 0.0369. The highest BCUT2D eigenvalue weighted by molar-refractivity contribution is 5.78. The molecule has 1 amide bonds. The molecule has 0 spiro atoms. The molecule has 2 aromatic rings. The summed E-state index contributed by atoms with van der Waals surface area (Å²) in [5, 5.41) is 10.9. The molecule has 2 saturated heterocycles. The molecule has 30 heavy (non-hydrogen) atoms. The van der Waals surface area contributed by atoms with Gasteiger partial charge in [0.05, 0.1) is 36.1 Å². The van der Waals surface area contributed by atoms with Crippen LogP contribution in [0.15, 0.2) is 30.6 Å². The highest BCUT2D eigenvalue weighted by Crippen LogP contribution is 2.42. The van der Waals surface area contributed by atoms with Gasteiger partial charge in [0.25, 0.3) is 0 Å². The average molecular weight is 412 g/mol. The number of para-hydroxylation sites is 2. The van der Waals surface area contributed by atoms with E-state index in [4.69, 9.17) is 0 Å². The molecule has 7 heteroatoms. The largest absolute Gasteiger partial charge is 0.391 e. The molecule has 3 heterocycles. The van der Waals surface area contributed by atoms with E-state index >= 15 is 0 Å². The second-order valence-corrected chi connectivity index (χ2v) is 9.50. The van der Waals surface area contributed by atoms with E-state index in [0.29, 0.717) is 18.4 Å². The van der Waals surface area contributed by atoms with Crippen molar-refractivity contribution in [2.24, 2.45) is 11.8 Å². The molecule has 162 valence electrons. The lowest BCUT2D eigenvalue weighted by molar-refractivity contribution is -0.131. The summed E-state index contributed by atoms with van der Waals surface area (Å²) in [5.74, 6) is 1.12. The van der Waals surface area contributed by atoms with Crippen LogP contribution in [0.5, 0.6) is 0 Å². The number of amides is 1. The molecule has 3 fully saturated rings. The van der Waals surface area contributed by atoms with Crippen LogP contribution < -0.4 is 0 Å². The molecule has 7 nitrogen and oxygen atoms in total. The Balaban J connectivity index is 1.24. The third kappa shape index (κ3) is 3.86. The monoisotopic (exact) mass is 411 g/mol. The Morgan fingerprint density at radius 2 is 1.90 bits per heavy atom. The highest BCUT2D eigenvalue weighted by Gasteiger charge is 2.43. The maximum Gasteiger partial charge on any atom is 0.236 e. The Hall–Kier alpha value is -1.96. The maximum absolute atomic E-state index is 13.0. The van der Waals surface area contributed by atoms with Gasteiger partial charge in [-0.3, -0.25) is 9.69 Å². The van der Waals surface area contributed by atoms with Crippen molar-refractivity contribution >= 4 is 16.9 Å². The van der Waals surface area contributed by atoms with Crippen molar-refractivity contribution in [3.05, 3.63) is 30.6 Å². The quantitative estimate of drug-likeness (QED) is 0.828. The van der Waals surface area contributed by atoms with Gasteiger partial charge >= 0.3 is 0 Å². The SMILES string of the molecule is CN1CCCN(CC(=O)N2C[C@H]3C[C@@H](n4cnc5ccccc54)[C@H](O)C[C@H]3C2)CC1. The topological polar surface area (TPSA) is 64.8 Å². The third-order valence-electron chi connectivity index (χ3n) is 7.47. The fraction of sp³-hybridized carbons (Fsp3) is 0.652. The third-order valence-corrected chi connectivity index (χ3v) is 7.47. The standard InChI is InChI=1S/C23H33N5O2/c1-25-7-4-8-26(10-9-25)15-23(30)27-13-17-11-21(22(29)12-18(17)14-27)28-16-24-19-5-2-3-6-20(19)28/h2-3,5-6,16-18,21-22,29H,4,7-15H2,1H3/t17-,18+,21-,22-/m1/s1. The molecular formula is C23H33N5O2. The number of aromatic nitrogens is 2. The Morgan fingerprint density at radius 3 is 2.77 bits per heavy atom. The summed E-state index contributed by atoms with van der Waals surface area (Å²) in [6.45, 7) is 6.28. The molecule has 5 rings (SSSR count). The van der Waals surface area contributed by atoms with Crippen molar-refractivity contribution in [1.29, 1.82) is 0 Å². The molecule has 1 saturated carbocycles. The summed E-state index contributed by atoms with van der Waals surface area (Å²) in [6.07, 6.45) is 4.28. The van der Waals surface area contributed by atoms with Gasteiger partial charge in [-0.2, -0.15) is 0 Å². The first-order valence-electron chi connectivity index (χ1n) is 11.4. The predicted octanol–water partition coefficient (Wildman–Crippen LogP) is 1.44. The van der Waals surface area contributed by atoms with Gasteiger partial charge in [0.2, 0.25) is 5.91 Å².